The number of likely N-dealkylation sites (N-methyl/N-ethyl adjacent to an activating group) is 1. The number of fused-ring (bicyclic) bond motifs is 1. The number of nitrogens with zero attached hydrogens (tertiary/aromatic N) is 2. The number of hydrogen-bond donors (Lipinski definition) is 1. The monoisotopic (exact) mass is 312 g/mol. The van der Waals surface area contributed by atoms with Crippen LogP contribution in [-0.2, 0) is 6.54 Å². The van der Waals surface area contributed by atoms with Crippen molar-refractivity contribution in [1.82, 2.24) is 9.47 Å². The first kappa shape index (κ1) is 15.5. The van der Waals surface area contributed by atoms with E-state index in [2.05, 4.69) is 18.0 Å². The summed E-state index contributed by atoms with van der Waals surface area (Å²) in [5.74, 6) is -0.954. The Morgan fingerprint density at radius 3 is 2.70 bits per heavy atom. The average molecular weight is 312 g/mol. The second-order valence-electron chi connectivity index (χ2n) is 5.92. The van der Waals surface area contributed by atoms with Gasteiger partial charge in [-0.2, -0.15) is 0 Å². The molecular formula is C18H20N2O3. The summed E-state index contributed by atoms with van der Waals surface area (Å²) in [5.41, 5.74) is 2.98. The van der Waals surface area contributed by atoms with Crippen LogP contribution in [-0.4, -0.2) is 40.7 Å². The molecule has 2 aromatic rings. The Bertz CT molecular complexity index is 864. The van der Waals surface area contributed by atoms with Crippen LogP contribution >= 0.6 is 0 Å². The number of aromatic nitrogens is 1. The summed E-state index contributed by atoms with van der Waals surface area (Å²) >= 11 is 0. The van der Waals surface area contributed by atoms with Gasteiger partial charge < -0.3 is 14.6 Å². The number of aryl methyl sites for hydroxylation is 1. The molecule has 0 saturated carbocycles. The van der Waals surface area contributed by atoms with E-state index >= 15 is 0 Å². The maximum Gasteiger partial charge on any atom is 0.335 e. The molecule has 0 aliphatic carbocycles. The molecule has 5 heteroatoms. The minimum atomic E-state index is -0.954. The molecule has 0 radical (unpaired) electrons. The predicted molar refractivity (Wildman–Crippen MR) is 90.9 cm³/mol. The van der Waals surface area contributed by atoms with Crippen molar-refractivity contribution in [2.24, 2.45) is 0 Å². The van der Waals surface area contributed by atoms with Crippen LogP contribution in [0, 0.1) is 0 Å². The lowest BCUT2D eigenvalue weighted by Gasteiger charge is -2.23. The van der Waals surface area contributed by atoms with Gasteiger partial charge in [0.1, 0.15) is 0 Å². The third-order valence-corrected chi connectivity index (χ3v) is 4.43. The molecule has 1 N–H and O–H groups in total. The summed E-state index contributed by atoms with van der Waals surface area (Å²) in [7, 11) is 2.06. The molecule has 1 aliphatic heterocycles. The Labute approximate surface area is 134 Å². The Kier molecular flexibility index (Phi) is 4.05. The quantitative estimate of drug-likeness (QED) is 0.945. The third kappa shape index (κ3) is 2.80. The standard InChI is InChI=1S/C18H20N2O3/c1-3-20-16-5-4-13(18(22)23)10-15(16)14(11-17(20)21)12-6-8-19(2)9-7-12/h4-6,10-11H,3,7-9H2,1-2H3,(H,22,23). The van der Waals surface area contributed by atoms with Gasteiger partial charge in [0.05, 0.1) is 11.1 Å². The summed E-state index contributed by atoms with van der Waals surface area (Å²) in [6.07, 6.45) is 2.99. The maximum atomic E-state index is 12.4. The molecule has 23 heavy (non-hydrogen) atoms. The minimum absolute atomic E-state index is 0.0436. The topological polar surface area (TPSA) is 62.5 Å². The van der Waals surface area contributed by atoms with E-state index in [0.29, 0.717) is 6.54 Å². The normalized spacial score (nSPS) is 15.7. The van der Waals surface area contributed by atoms with Gasteiger partial charge in [-0.1, -0.05) is 6.08 Å². The highest BCUT2D eigenvalue weighted by molar-refractivity contribution is 5.98. The first-order valence-corrected chi connectivity index (χ1v) is 7.80. The van der Waals surface area contributed by atoms with Crippen molar-refractivity contribution in [1.29, 1.82) is 0 Å². The largest absolute Gasteiger partial charge is 0.478 e. The van der Waals surface area contributed by atoms with Gasteiger partial charge in [0.15, 0.2) is 0 Å². The highest BCUT2D eigenvalue weighted by Gasteiger charge is 2.16. The third-order valence-electron chi connectivity index (χ3n) is 4.43. The molecule has 3 rings (SSSR count). The van der Waals surface area contributed by atoms with Crippen LogP contribution in [0.2, 0.25) is 0 Å². The van der Waals surface area contributed by atoms with Crippen LogP contribution in [0.25, 0.3) is 16.5 Å². The number of hydrogen-bond acceptors (Lipinski definition) is 3. The number of carboxylic acids is 1. The van der Waals surface area contributed by atoms with Crippen LogP contribution in [0.4, 0.5) is 0 Å². The Balaban J connectivity index is 2.30. The maximum absolute atomic E-state index is 12.4. The lowest BCUT2D eigenvalue weighted by molar-refractivity contribution is 0.0697. The van der Waals surface area contributed by atoms with Crippen molar-refractivity contribution in [3.8, 4) is 0 Å². The van der Waals surface area contributed by atoms with Gasteiger partial charge >= 0.3 is 5.97 Å². The van der Waals surface area contributed by atoms with Crippen LogP contribution in [0.1, 0.15) is 29.3 Å². The van der Waals surface area contributed by atoms with E-state index in [1.54, 1.807) is 28.8 Å². The van der Waals surface area contributed by atoms with Gasteiger partial charge in [0.2, 0.25) is 0 Å². The van der Waals surface area contributed by atoms with Gasteiger partial charge in [0, 0.05) is 31.1 Å². The molecule has 0 saturated heterocycles. The summed E-state index contributed by atoms with van der Waals surface area (Å²) in [5, 5.41) is 10.1. The smallest absolute Gasteiger partial charge is 0.335 e. The van der Waals surface area contributed by atoms with E-state index in [0.717, 1.165) is 41.5 Å². The molecular weight excluding hydrogens is 292 g/mol. The molecule has 1 aromatic carbocycles. The van der Waals surface area contributed by atoms with Crippen LogP contribution in [0.5, 0.6) is 0 Å². The zero-order chi connectivity index (χ0) is 16.6. The van der Waals surface area contributed by atoms with Crippen LogP contribution < -0.4 is 5.56 Å². The van der Waals surface area contributed by atoms with E-state index < -0.39 is 5.97 Å². The lowest BCUT2D eigenvalue weighted by atomic mass is 9.95. The zero-order valence-electron chi connectivity index (χ0n) is 13.4. The number of benzene rings is 1. The van der Waals surface area contributed by atoms with Crippen molar-refractivity contribution >= 4 is 22.4 Å². The number of carboxylic acid groups (broad SMARTS) is 1. The zero-order valence-corrected chi connectivity index (χ0v) is 13.4. The highest BCUT2D eigenvalue weighted by Crippen LogP contribution is 2.28. The van der Waals surface area contributed by atoms with Crippen LogP contribution in [0.3, 0.4) is 0 Å². The SMILES string of the molecule is CCn1c(=O)cc(C2=CCN(C)CC2)c2cc(C(=O)O)ccc21. The lowest BCUT2D eigenvalue weighted by Crippen LogP contribution is -2.25. The predicted octanol–water partition coefficient (Wildman–Crippen LogP) is 2.44. The van der Waals surface area contributed by atoms with Gasteiger partial charge in [-0.15, -0.1) is 0 Å². The number of pyridine rings is 1. The molecule has 2 heterocycles. The van der Waals surface area contributed by atoms with E-state index in [4.69, 9.17) is 0 Å². The Hall–Kier alpha value is -2.40. The van der Waals surface area contributed by atoms with E-state index in [9.17, 15) is 14.7 Å². The minimum Gasteiger partial charge on any atom is -0.478 e. The first-order chi connectivity index (χ1) is 11.0. The number of rotatable bonds is 3. The van der Waals surface area contributed by atoms with Crippen molar-refractivity contribution in [2.75, 3.05) is 20.1 Å². The van der Waals surface area contributed by atoms with Gasteiger partial charge in [0.25, 0.3) is 5.56 Å². The highest BCUT2D eigenvalue weighted by atomic mass is 16.4. The van der Waals surface area contributed by atoms with Gasteiger partial charge in [-0.3, -0.25) is 4.79 Å². The van der Waals surface area contributed by atoms with Crippen molar-refractivity contribution in [3.63, 3.8) is 0 Å². The molecule has 1 aliphatic rings. The Morgan fingerprint density at radius 1 is 1.30 bits per heavy atom. The van der Waals surface area contributed by atoms with Gasteiger partial charge in [-0.25, -0.2) is 4.79 Å². The first-order valence-electron chi connectivity index (χ1n) is 7.80. The number of aromatic carboxylic acids is 1. The Morgan fingerprint density at radius 2 is 2.09 bits per heavy atom. The summed E-state index contributed by atoms with van der Waals surface area (Å²) < 4.78 is 1.68. The summed E-state index contributed by atoms with van der Waals surface area (Å²) in [6.45, 7) is 4.25. The molecule has 0 fully saturated rings. The van der Waals surface area contributed by atoms with E-state index in [-0.39, 0.29) is 11.1 Å². The summed E-state index contributed by atoms with van der Waals surface area (Å²) in [6, 6.07) is 6.62. The second kappa shape index (κ2) is 6.01. The van der Waals surface area contributed by atoms with E-state index in [1.165, 1.54) is 0 Å². The van der Waals surface area contributed by atoms with Crippen molar-refractivity contribution in [3.05, 3.63) is 51.8 Å². The number of carbonyl (C=O) groups is 1. The molecule has 0 bridgehead atoms. The molecule has 0 amide bonds. The molecule has 0 atom stereocenters. The fraction of sp³-hybridized carbons (Fsp3) is 0.333. The molecule has 0 spiro atoms. The van der Waals surface area contributed by atoms with E-state index in [1.807, 2.05) is 6.92 Å². The fourth-order valence-corrected chi connectivity index (χ4v) is 3.13. The fourth-order valence-electron chi connectivity index (χ4n) is 3.13. The van der Waals surface area contributed by atoms with Crippen LogP contribution in [0.15, 0.2) is 35.1 Å². The summed E-state index contributed by atoms with van der Waals surface area (Å²) in [4.78, 5) is 25.9. The van der Waals surface area contributed by atoms with Crippen molar-refractivity contribution in [2.45, 2.75) is 19.9 Å². The van der Waals surface area contributed by atoms with Gasteiger partial charge in [-0.05, 0) is 49.7 Å². The second-order valence-corrected chi connectivity index (χ2v) is 5.92. The molecule has 5 nitrogen and oxygen atoms in total. The average Bonchev–Trinajstić information content (AvgIpc) is 2.54. The molecule has 0 unspecified atom stereocenters. The molecule has 1 aromatic heterocycles. The van der Waals surface area contributed by atoms with Crippen molar-refractivity contribution < 1.29 is 9.90 Å². The molecule has 120 valence electrons.